The number of aldehydes is 1. The highest BCUT2D eigenvalue weighted by molar-refractivity contribution is 9.10. The number of carbonyl (C=O) groups excluding carboxylic acids is 1. The summed E-state index contributed by atoms with van der Waals surface area (Å²) in [7, 11) is 0. The third kappa shape index (κ3) is 2.99. The van der Waals surface area contributed by atoms with Crippen LogP contribution in [-0.2, 0) is 4.79 Å². The molecule has 0 heterocycles. The van der Waals surface area contributed by atoms with Gasteiger partial charge in [0.2, 0.25) is 0 Å². The molecule has 0 aromatic heterocycles. The zero-order valence-electron chi connectivity index (χ0n) is 6.50. The van der Waals surface area contributed by atoms with Gasteiger partial charge in [-0.2, -0.15) is 0 Å². The highest BCUT2D eigenvalue weighted by Crippen LogP contribution is 2.26. The van der Waals surface area contributed by atoms with E-state index in [1.54, 1.807) is 11.8 Å². The normalized spacial score (nSPS) is 9.75. The van der Waals surface area contributed by atoms with Gasteiger partial charge >= 0.3 is 0 Å². The molecule has 12 heavy (non-hydrogen) atoms. The van der Waals surface area contributed by atoms with Gasteiger partial charge in [-0.05, 0) is 28.1 Å². The molecule has 0 saturated heterocycles. The van der Waals surface area contributed by atoms with Crippen molar-refractivity contribution >= 4 is 34.0 Å². The average molecular weight is 245 g/mol. The molecule has 0 amide bonds. The summed E-state index contributed by atoms with van der Waals surface area (Å²) in [5.41, 5.74) is 0. The minimum atomic E-state index is 0.617. The number of thioether (sulfide) groups is 1. The molecule has 0 atom stereocenters. The van der Waals surface area contributed by atoms with Crippen molar-refractivity contribution in [2.45, 2.75) is 11.3 Å². The maximum atomic E-state index is 10.1. The predicted octanol–water partition coefficient (Wildman–Crippen LogP) is 3.13. The van der Waals surface area contributed by atoms with Crippen LogP contribution in [0.15, 0.2) is 33.6 Å². The van der Waals surface area contributed by atoms with Crippen LogP contribution in [0.4, 0.5) is 0 Å². The highest BCUT2D eigenvalue weighted by Gasteiger charge is 1.97. The summed E-state index contributed by atoms with van der Waals surface area (Å²) in [4.78, 5) is 11.2. The van der Waals surface area contributed by atoms with Gasteiger partial charge in [-0.15, -0.1) is 11.8 Å². The minimum absolute atomic E-state index is 0.617. The number of halogens is 1. The van der Waals surface area contributed by atoms with Gasteiger partial charge in [0, 0.05) is 21.5 Å². The fourth-order valence-electron chi connectivity index (χ4n) is 0.779. The van der Waals surface area contributed by atoms with E-state index in [2.05, 4.69) is 15.9 Å². The zero-order chi connectivity index (χ0) is 8.81. The quantitative estimate of drug-likeness (QED) is 0.460. The summed E-state index contributed by atoms with van der Waals surface area (Å²) in [5, 5.41) is 0. The van der Waals surface area contributed by atoms with Crippen LogP contribution in [0.5, 0.6) is 0 Å². The third-order valence-corrected chi connectivity index (χ3v) is 3.39. The van der Waals surface area contributed by atoms with E-state index in [1.165, 1.54) is 4.90 Å². The van der Waals surface area contributed by atoms with Crippen molar-refractivity contribution in [3.8, 4) is 0 Å². The van der Waals surface area contributed by atoms with Crippen LogP contribution in [0.2, 0.25) is 0 Å². The first-order valence-electron chi connectivity index (χ1n) is 3.65. The molecule has 0 bridgehead atoms. The molecule has 3 heteroatoms. The number of carbonyl (C=O) groups is 1. The first-order valence-corrected chi connectivity index (χ1v) is 5.43. The predicted molar refractivity (Wildman–Crippen MR) is 55.5 cm³/mol. The van der Waals surface area contributed by atoms with Crippen molar-refractivity contribution in [1.29, 1.82) is 0 Å². The summed E-state index contributed by atoms with van der Waals surface area (Å²) in [6.45, 7) is 0. The van der Waals surface area contributed by atoms with Crippen LogP contribution >= 0.6 is 27.7 Å². The van der Waals surface area contributed by atoms with E-state index in [0.29, 0.717) is 6.42 Å². The van der Waals surface area contributed by atoms with E-state index in [-0.39, 0.29) is 0 Å². The standard InChI is InChI=1S/C9H9BrOS/c10-8-4-1-2-5-9(8)12-7-3-6-11/h1-2,4-6H,3,7H2. The van der Waals surface area contributed by atoms with Gasteiger partial charge in [0.05, 0.1) is 0 Å². The van der Waals surface area contributed by atoms with Crippen molar-refractivity contribution in [3.63, 3.8) is 0 Å². The van der Waals surface area contributed by atoms with E-state index in [1.807, 2.05) is 24.3 Å². The van der Waals surface area contributed by atoms with Crippen LogP contribution in [0.25, 0.3) is 0 Å². The molecule has 1 aromatic rings. The number of hydrogen-bond acceptors (Lipinski definition) is 2. The first kappa shape index (κ1) is 9.81. The van der Waals surface area contributed by atoms with E-state index in [4.69, 9.17) is 0 Å². The van der Waals surface area contributed by atoms with Crippen LogP contribution in [0.1, 0.15) is 6.42 Å². The highest BCUT2D eigenvalue weighted by atomic mass is 79.9. The molecular weight excluding hydrogens is 236 g/mol. The van der Waals surface area contributed by atoms with Crippen LogP contribution in [0, 0.1) is 0 Å². The summed E-state index contributed by atoms with van der Waals surface area (Å²) in [6, 6.07) is 8.02. The Morgan fingerprint density at radius 3 is 2.83 bits per heavy atom. The van der Waals surface area contributed by atoms with Crippen LogP contribution in [0.3, 0.4) is 0 Å². The lowest BCUT2D eigenvalue weighted by atomic mass is 10.4. The molecule has 0 unspecified atom stereocenters. The first-order chi connectivity index (χ1) is 5.84. The largest absolute Gasteiger partial charge is 0.303 e. The van der Waals surface area contributed by atoms with Gasteiger partial charge in [0.25, 0.3) is 0 Å². The van der Waals surface area contributed by atoms with Gasteiger partial charge < -0.3 is 4.79 Å². The third-order valence-electron chi connectivity index (χ3n) is 1.33. The fraction of sp³-hybridized carbons (Fsp3) is 0.222. The Bertz CT molecular complexity index is 262. The summed E-state index contributed by atoms with van der Waals surface area (Å²) < 4.78 is 1.10. The maximum Gasteiger partial charge on any atom is 0.120 e. The van der Waals surface area contributed by atoms with Crippen LogP contribution < -0.4 is 0 Å². The zero-order valence-corrected chi connectivity index (χ0v) is 8.90. The Labute approximate surface area is 84.7 Å². The van der Waals surface area contributed by atoms with Gasteiger partial charge in [-0.1, -0.05) is 12.1 Å². The Kier molecular flexibility index (Phi) is 4.40. The minimum Gasteiger partial charge on any atom is -0.303 e. The van der Waals surface area contributed by atoms with Gasteiger partial charge in [0.15, 0.2) is 0 Å². The fourth-order valence-corrected chi connectivity index (χ4v) is 2.22. The molecule has 0 radical (unpaired) electrons. The molecular formula is C9H9BrOS. The summed E-state index contributed by atoms with van der Waals surface area (Å²) in [6.07, 6.45) is 1.57. The Morgan fingerprint density at radius 1 is 1.42 bits per heavy atom. The SMILES string of the molecule is O=CCCSc1ccccc1Br. The number of benzene rings is 1. The second kappa shape index (κ2) is 5.38. The lowest BCUT2D eigenvalue weighted by molar-refractivity contribution is -0.107. The molecule has 1 nitrogen and oxygen atoms in total. The summed E-state index contributed by atoms with van der Waals surface area (Å²) in [5.74, 6) is 0.853. The molecule has 1 aromatic carbocycles. The topological polar surface area (TPSA) is 17.1 Å². The van der Waals surface area contributed by atoms with Crippen LogP contribution in [-0.4, -0.2) is 12.0 Å². The molecule has 0 fully saturated rings. The van der Waals surface area contributed by atoms with Crippen molar-refractivity contribution in [1.82, 2.24) is 0 Å². The van der Waals surface area contributed by atoms with E-state index in [0.717, 1.165) is 16.5 Å². The van der Waals surface area contributed by atoms with Gasteiger partial charge in [0.1, 0.15) is 6.29 Å². The average Bonchev–Trinajstić information content (AvgIpc) is 2.09. The second-order valence-electron chi connectivity index (χ2n) is 2.23. The van der Waals surface area contributed by atoms with E-state index >= 15 is 0 Å². The lowest BCUT2D eigenvalue weighted by Gasteiger charge is -2.00. The molecule has 0 spiro atoms. The number of rotatable bonds is 4. The monoisotopic (exact) mass is 244 g/mol. The maximum absolute atomic E-state index is 10.1. The van der Waals surface area contributed by atoms with E-state index in [9.17, 15) is 4.79 Å². The Morgan fingerprint density at radius 2 is 2.17 bits per heavy atom. The molecule has 0 saturated carbocycles. The summed E-state index contributed by atoms with van der Waals surface area (Å²) >= 11 is 5.13. The van der Waals surface area contributed by atoms with Crippen molar-refractivity contribution in [2.75, 3.05) is 5.75 Å². The number of hydrogen-bond donors (Lipinski definition) is 0. The van der Waals surface area contributed by atoms with E-state index < -0.39 is 0 Å². The van der Waals surface area contributed by atoms with Crippen molar-refractivity contribution in [2.24, 2.45) is 0 Å². The smallest absolute Gasteiger partial charge is 0.120 e. The molecule has 0 aliphatic carbocycles. The van der Waals surface area contributed by atoms with Crippen molar-refractivity contribution < 1.29 is 4.79 Å². The van der Waals surface area contributed by atoms with Gasteiger partial charge in [-0.3, -0.25) is 0 Å². The van der Waals surface area contributed by atoms with Gasteiger partial charge in [-0.25, -0.2) is 0 Å². The molecule has 64 valence electrons. The molecule has 0 aliphatic heterocycles. The Balaban J connectivity index is 2.51. The molecule has 1 rings (SSSR count). The lowest BCUT2D eigenvalue weighted by Crippen LogP contribution is -1.81. The molecule has 0 aliphatic rings. The van der Waals surface area contributed by atoms with Crippen molar-refractivity contribution in [3.05, 3.63) is 28.7 Å². The second-order valence-corrected chi connectivity index (χ2v) is 4.23. The molecule has 0 N–H and O–H groups in total. The Hall–Kier alpha value is -0.280.